The van der Waals surface area contributed by atoms with E-state index in [1.54, 1.807) is 19.1 Å². The van der Waals surface area contributed by atoms with Gasteiger partial charge in [0, 0.05) is 21.5 Å². The molecule has 7 nitrogen and oxygen atoms in total. The average Bonchev–Trinajstić information content (AvgIpc) is 3.23. The molecule has 1 aromatic rings. The predicted molar refractivity (Wildman–Crippen MR) is 212 cm³/mol. The Balaban J connectivity index is 0. The first-order valence-corrected chi connectivity index (χ1v) is 21.2. The monoisotopic (exact) mass is 1080 g/mol. The smallest absolute Gasteiger partial charge is 0.460 e. The van der Waals surface area contributed by atoms with Crippen LogP contribution < -0.4 is 0 Å². The Hall–Kier alpha value is -4.04. The fraction of sp³-hybridized carbons (Fsp3) is 0.791. The third kappa shape index (κ3) is 17.0. The van der Waals surface area contributed by atoms with Crippen LogP contribution in [-0.2, 0) is 45.8 Å². The normalized spacial score (nSPS) is 14.9. The van der Waals surface area contributed by atoms with Crippen LogP contribution in [0, 0.1) is 17.8 Å². The molecule has 0 bridgehead atoms. The number of hydrogen-bond acceptors (Lipinski definition) is 7. The first-order chi connectivity index (χ1) is 31.7. The highest BCUT2D eigenvalue weighted by Gasteiger charge is 2.90. The molecule has 1 rings (SSSR count). The number of rotatable bonds is 23. The number of aromatic hydroxyl groups is 1. The predicted octanol–water partition coefficient (Wildman–Crippen LogP) is 14.5. The second kappa shape index (κ2) is 25.8. The van der Waals surface area contributed by atoms with Crippen molar-refractivity contribution in [3.63, 3.8) is 0 Å². The van der Waals surface area contributed by atoms with Crippen LogP contribution in [0.4, 0.5) is 92.6 Å². The Labute approximate surface area is 395 Å². The van der Waals surface area contributed by atoms with Gasteiger partial charge in [0.05, 0.1) is 38.1 Å². The number of hydrogen-bond donors (Lipinski definition) is 1. The first-order valence-electron chi connectivity index (χ1n) is 21.2. The summed E-state index contributed by atoms with van der Waals surface area (Å²) in [7, 11) is 0. The van der Waals surface area contributed by atoms with Crippen LogP contribution >= 0.6 is 0 Å². The fourth-order valence-corrected chi connectivity index (χ4v) is 5.70. The van der Waals surface area contributed by atoms with Crippen molar-refractivity contribution in [1.29, 1.82) is 0 Å². The number of carbonyl (C=O) groups is 3. The molecule has 0 saturated carbocycles. The van der Waals surface area contributed by atoms with Gasteiger partial charge in [-0.2, -0.15) is 74.6 Å². The lowest BCUT2D eigenvalue weighted by Crippen LogP contribution is -2.70. The van der Waals surface area contributed by atoms with Crippen LogP contribution in [0.3, 0.4) is 0 Å². The van der Waals surface area contributed by atoms with Crippen LogP contribution in [0.5, 0.6) is 5.75 Å². The number of aryl methyl sites for hydroxylation is 1. The molecule has 0 aliphatic rings. The molecule has 418 valence electrons. The van der Waals surface area contributed by atoms with Crippen LogP contribution in [0.2, 0.25) is 0 Å². The van der Waals surface area contributed by atoms with E-state index in [0.29, 0.717) is 17.5 Å². The summed E-state index contributed by atoms with van der Waals surface area (Å²) >= 11 is 0. The Morgan fingerprint density at radius 1 is 0.563 bits per heavy atom. The summed E-state index contributed by atoms with van der Waals surface area (Å²) in [6, 6.07) is 3.56. The zero-order valence-electron chi connectivity index (χ0n) is 39.9. The summed E-state index contributed by atoms with van der Waals surface area (Å²) in [5.74, 6) is -54.3. The average molecular weight is 1080 g/mol. The second-order valence-corrected chi connectivity index (χ2v) is 18.3. The van der Waals surface area contributed by atoms with E-state index < -0.39 is 140 Å². The summed E-state index contributed by atoms with van der Waals surface area (Å²) < 4.78 is 279. The lowest BCUT2D eigenvalue weighted by molar-refractivity contribution is -0.440. The largest absolute Gasteiger partial charge is 0.507 e. The molecular formula is C43H57F21O7. The number of ether oxygens (including phenoxy) is 3. The van der Waals surface area contributed by atoms with E-state index in [1.807, 2.05) is 41.5 Å². The molecule has 3 atom stereocenters. The van der Waals surface area contributed by atoms with Crippen molar-refractivity contribution < 1.29 is 126 Å². The molecule has 0 aromatic heterocycles. The van der Waals surface area contributed by atoms with Gasteiger partial charge in [0.25, 0.3) is 0 Å². The highest BCUT2D eigenvalue weighted by molar-refractivity contribution is 5.72. The minimum Gasteiger partial charge on any atom is -0.507 e. The molecule has 0 saturated heterocycles. The summed E-state index contributed by atoms with van der Waals surface area (Å²) in [6.45, 7) is 14.3. The zero-order valence-corrected chi connectivity index (χ0v) is 39.9. The quantitative estimate of drug-likeness (QED) is 0.0662. The standard InChI is InChI=1S/C30H44F6O5.C13H13F13O2.F2/c1-9-18(2)25(39)41-15-13-20(29(33,34)30(35,36)26(31)32)12-14-40-23(37)11-10-19-16-21(27(3,4)5)24(38)22(17-19)28(6,7)8;1-3-6(2)7(27)28-5-4-8(14,15)9(16,17)10(18,19)11(20,21)12(22,23)13(24,25)26;1-2/h16-18,20,26,38H,9-15H2,1-8H3;6H,3-5H2,1-2H3;. The van der Waals surface area contributed by atoms with Crippen LogP contribution in [-0.4, -0.2) is 96.9 Å². The minimum absolute atomic E-state index is 0.0855. The van der Waals surface area contributed by atoms with Gasteiger partial charge in [-0.25, -0.2) is 8.78 Å². The van der Waals surface area contributed by atoms with Crippen LogP contribution in [0.25, 0.3) is 0 Å². The summed E-state index contributed by atoms with van der Waals surface area (Å²) in [4.78, 5) is 35.4. The van der Waals surface area contributed by atoms with Crippen molar-refractivity contribution in [1.82, 2.24) is 0 Å². The Morgan fingerprint density at radius 3 is 1.28 bits per heavy atom. The third-order valence-electron chi connectivity index (χ3n) is 10.8. The number of phenolic OH excluding ortho intramolecular Hbond substituents is 1. The van der Waals surface area contributed by atoms with Gasteiger partial charge in [-0.1, -0.05) is 81.4 Å². The van der Waals surface area contributed by atoms with Gasteiger partial charge in [0.2, 0.25) is 0 Å². The Kier molecular flexibility index (Phi) is 25.0. The number of esters is 3. The van der Waals surface area contributed by atoms with Gasteiger partial charge < -0.3 is 19.3 Å². The maximum atomic E-state index is 14.5. The van der Waals surface area contributed by atoms with Crippen molar-refractivity contribution >= 4 is 17.9 Å². The third-order valence-corrected chi connectivity index (χ3v) is 10.8. The SMILES string of the molecule is CCC(C)C(=O)OCCC(CCOC(=O)CCc1cc(C(C)(C)C)c(O)c(C(C)(C)C)c1)C(F)(F)C(F)(F)C(F)F.CCC(C)C(=O)OCCC(F)(F)C(F)(F)C(F)(F)C(F)(F)C(F)(F)C(F)(F)F.FF. The van der Waals surface area contributed by atoms with Crippen molar-refractivity contribution in [2.45, 2.75) is 179 Å². The lowest BCUT2D eigenvalue weighted by Gasteiger charge is -2.39. The maximum Gasteiger partial charge on any atom is 0.460 e. The molecule has 0 aliphatic heterocycles. The Morgan fingerprint density at radius 2 is 0.930 bits per heavy atom. The van der Waals surface area contributed by atoms with E-state index in [9.17, 15) is 103 Å². The summed E-state index contributed by atoms with van der Waals surface area (Å²) in [5, 5.41) is 10.8. The van der Waals surface area contributed by atoms with E-state index in [2.05, 4.69) is 4.74 Å². The molecule has 0 fully saturated rings. The molecule has 0 spiro atoms. The lowest BCUT2D eigenvalue weighted by atomic mass is 9.78. The van der Waals surface area contributed by atoms with E-state index in [4.69, 9.17) is 18.6 Å². The molecule has 1 aromatic carbocycles. The van der Waals surface area contributed by atoms with Gasteiger partial charge in [0.1, 0.15) is 5.75 Å². The van der Waals surface area contributed by atoms with Crippen molar-refractivity contribution in [3.05, 3.63) is 28.8 Å². The highest BCUT2D eigenvalue weighted by atomic mass is 20.0. The maximum absolute atomic E-state index is 14.5. The van der Waals surface area contributed by atoms with Gasteiger partial charge in [-0.15, -0.1) is 0 Å². The molecule has 0 aliphatic carbocycles. The van der Waals surface area contributed by atoms with Crippen molar-refractivity contribution in [3.8, 4) is 5.75 Å². The molecule has 71 heavy (non-hydrogen) atoms. The fourth-order valence-electron chi connectivity index (χ4n) is 5.70. The summed E-state index contributed by atoms with van der Waals surface area (Å²) in [6.07, 6.45) is -15.8. The number of carbonyl (C=O) groups excluding carboxylic acids is 3. The molecule has 0 radical (unpaired) electrons. The van der Waals surface area contributed by atoms with Gasteiger partial charge in [-0.3, -0.25) is 14.4 Å². The van der Waals surface area contributed by atoms with Gasteiger partial charge in [0.15, 0.2) is 0 Å². The van der Waals surface area contributed by atoms with E-state index in [0.717, 1.165) is 5.56 Å². The summed E-state index contributed by atoms with van der Waals surface area (Å²) in [5.41, 5.74) is 1.31. The molecular weight excluding hydrogens is 1030 g/mol. The molecule has 0 amide bonds. The number of alkyl halides is 19. The number of halogens is 21. The van der Waals surface area contributed by atoms with E-state index >= 15 is 0 Å². The highest BCUT2D eigenvalue weighted by Crippen LogP contribution is 2.60. The topological polar surface area (TPSA) is 99.1 Å². The minimum atomic E-state index is -7.93. The van der Waals surface area contributed by atoms with Gasteiger partial charge in [-0.05, 0) is 59.6 Å². The molecule has 3 unspecified atom stereocenters. The molecule has 28 heteroatoms. The van der Waals surface area contributed by atoms with E-state index in [1.165, 1.54) is 20.8 Å². The van der Waals surface area contributed by atoms with Gasteiger partial charge >= 0.3 is 72.0 Å². The molecule has 0 heterocycles. The second-order valence-electron chi connectivity index (χ2n) is 18.3. The van der Waals surface area contributed by atoms with E-state index in [-0.39, 0.29) is 25.0 Å². The zero-order chi connectivity index (χ0) is 57.0. The van der Waals surface area contributed by atoms with Crippen LogP contribution in [0.1, 0.15) is 124 Å². The number of benzene rings is 1. The first kappa shape index (κ1) is 69.0. The van der Waals surface area contributed by atoms with Crippen LogP contribution in [0.15, 0.2) is 12.1 Å². The van der Waals surface area contributed by atoms with Crippen molar-refractivity contribution in [2.24, 2.45) is 17.8 Å². The number of phenols is 1. The Bertz CT molecular complexity index is 1800. The molecule has 1 N–H and O–H groups in total. The van der Waals surface area contributed by atoms with Crippen molar-refractivity contribution in [2.75, 3.05) is 19.8 Å².